The Labute approximate surface area is 147 Å². The first-order chi connectivity index (χ1) is 11.6. The third-order valence-corrected chi connectivity index (χ3v) is 8.04. The number of carbonyl (C=O) groups excluding carboxylic acids is 1. The Hall–Kier alpha value is -1.03. The Kier molecular flexibility index (Phi) is 3.48. The maximum absolute atomic E-state index is 13.6. The van der Waals surface area contributed by atoms with Crippen LogP contribution in [0.3, 0.4) is 0 Å². The summed E-state index contributed by atoms with van der Waals surface area (Å²) in [4.78, 5) is 15.7. The van der Waals surface area contributed by atoms with Gasteiger partial charge in [-0.25, -0.2) is 4.39 Å². The van der Waals surface area contributed by atoms with Crippen LogP contribution < -0.4 is 0 Å². The Morgan fingerprint density at radius 1 is 1.12 bits per heavy atom. The quantitative estimate of drug-likeness (QED) is 0.780. The highest BCUT2D eigenvalue weighted by atomic mass is 32.2. The Morgan fingerprint density at radius 2 is 1.79 bits per heavy atom. The van der Waals surface area contributed by atoms with Crippen molar-refractivity contribution in [3.63, 3.8) is 0 Å². The molecule has 0 spiro atoms. The highest BCUT2D eigenvalue weighted by Crippen LogP contribution is 2.61. The molecule has 24 heavy (non-hydrogen) atoms. The average Bonchev–Trinajstić information content (AvgIpc) is 3.02. The first kappa shape index (κ1) is 15.2. The first-order valence-electron chi connectivity index (χ1n) is 9.31. The normalized spacial score (nSPS) is 40.3. The summed E-state index contributed by atoms with van der Waals surface area (Å²) in [5, 5.41) is 0.00112. The molecule has 4 saturated carbocycles. The highest BCUT2D eigenvalue weighted by Gasteiger charge is 2.56. The topological polar surface area (TPSA) is 20.3 Å². The lowest BCUT2D eigenvalue weighted by molar-refractivity contribution is -0.157. The summed E-state index contributed by atoms with van der Waals surface area (Å²) in [6.45, 7) is 0.812. The van der Waals surface area contributed by atoms with E-state index in [1.165, 1.54) is 25.3 Å². The fraction of sp³-hybridized carbons (Fsp3) is 0.650. The lowest BCUT2D eigenvalue weighted by Crippen LogP contribution is -2.54. The van der Waals surface area contributed by atoms with Crippen molar-refractivity contribution in [2.75, 3.05) is 12.3 Å². The fourth-order valence-corrected chi connectivity index (χ4v) is 7.54. The summed E-state index contributed by atoms with van der Waals surface area (Å²) in [6.07, 6.45) is 7.39. The molecule has 0 aromatic heterocycles. The highest BCUT2D eigenvalue weighted by molar-refractivity contribution is 7.99. The SMILES string of the molecule is O=C(N1CCS[C@H]1c1cccc(F)c1)C12CC3CC(CC(C3)C1)C2. The van der Waals surface area contributed by atoms with Gasteiger partial charge in [-0.2, -0.15) is 0 Å². The van der Waals surface area contributed by atoms with Gasteiger partial charge in [-0.05, 0) is 74.0 Å². The number of thioether (sulfide) groups is 1. The van der Waals surface area contributed by atoms with E-state index in [-0.39, 0.29) is 16.6 Å². The maximum atomic E-state index is 13.6. The van der Waals surface area contributed by atoms with Crippen LogP contribution >= 0.6 is 11.8 Å². The summed E-state index contributed by atoms with van der Waals surface area (Å²) in [5.74, 6) is 3.47. The van der Waals surface area contributed by atoms with Crippen molar-refractivity contribution in [2.24, 2.45) is 23.2 Å². The number of halogens is 1. The molecular formula is C20H24FNOS. The van der Waals surface area contributed by atoms with E-state index in [1.807, 2.05) is 6.07 Å². The van der Waals surface area contributed by atoms with Crippen molar-refractivity contribution in [3.05, 3.63) is 35.6 Å². The van der Waals surface area contributed by atoms with Gasteiger partial charge >= 0.3 is 0 Å². The van der Waals surface area contributed by atoms with E-state index in [1.54, 1.807) is 23.9 Å². The minimum atomic E-state index is -0.206. The zero-order valence-electron chi connectivity index (χ0n) is 13.9. The number of carbonyl (C=O) groups is 1. The molecule has 1 aliphatic heterocycles. The second kappa shape index (κ2) is 5.48. The molecule has 5 fully saturated rings. The molecule has 4 heteroatoms. The summed E-state index contributed by atoms with van der Waals surface area (Å²) in [7, 11) is 0. The van der Waals surface area contributed by atoms with Gasteiger partial charge in [-0.3, -0.25) is 4.79 Å². The van der Waals surface area contributed by atoms with Gasteiger partial charge in [0.25, 0.3) is 0 Å². The Bertz CT molecular complexity index is 640. The lowest BCUT2D eigenvalue weighted by atomic mass is 9.49. The van der Waals surface area contributed by atoms with Crippen molar-refractivity contribution >= 4 is 17.7 Å². The van der Waals surface area contributed by atoms with Crippen LogP contribution in [-0.4, -0.2) is 23.1 Å². The van der Waals surface area contributed by atoms with Crippen LogP contribution in [-0.2, 0) is 4.79 Å². The van der Waals surface area contributed by atoms with E-state index in [2.05, 4.69) is 4.90 Å². The van der Waals surface area contributed by atoms with Crippen LogP contribution in [0.25, 0.3) is 0 Å². The molecule has 0 unspecified atom stereocenters. The second-order valence-electron chi connectivity index (χ2n) is 8.47. The van der Waals surface area contributed by atoms with Gasteiger partial charge in [0.05, 0.1) is 5.41 Å². The molecule has 1 saturated heterocycles. The first-order valence-corrected chi connectivity index (χ1v) is 10.4. The van der Waals surface area contributed by atoms with Crippen molar-refractivity contribution in [2.45, 2.75) is 43.9 Å². The van der Waals surface area contributed by atoms with Gasteiger partial charge in [0.1, 0.15) is 11.2 Å². The van der Waals surface area contributed by atoms with E-state index >= 15 is 0 Å². The van der Waals surface area contributed by atoms with E-state index in [0.717, 1.165) is 54.9 Å². The number of benzene rings is 1. The van der Waals surface area contributed by atoms with E-state index in [9.17, 15) is 9.18 Å². The van der Waals surface area contributed by atoms with Crippen LogP contribution in [0.2, 0.25) is 0 Å². The molecule has 128 valence electrons. The third-order valence-electron chi connectivity index (χ3n) is 6.78. The minimum Gasteiger partial charge on any atom is -0.325 e. The number of nitrogens with zero attached hydrogens (tertiary/aromatic N) is 1. The number of hydrogen-bond acceptors (Lipinski definition) is 2. The molecule has 6 rings (SSSR count). The molecule has 4 bridgehead atoms. The maximum Gasteiger partial charge on any atom is 0.230 e. The molecular weight excluding hydrogens is 321 g/mol. The molecule has 1 aromatic carbocycles. The fourth-order valence-electron chi connectivity index (χ4n) is 6.29. The van der Waals surface area contributed by atoms with E-state index < -0.39 is 0 Å². The van der Waals surface area contributed by atoms with Gasteiger partial charge < -0.3 is 4.90 Å². The minimum absolute atomic E-state index is 0.00112. The molecule has 5 aliphatic rings. The van der Waals surface area contributed by atoms with Gasteiger partial charge in [0.2, 0.25) is 5.91 Å². The smallest absolute Gasteiger partial charge is 0.230 e. The molecule has 1 heterocycles. The standard InChI is InChI=1S/C20H24FNOS/c21-17-3-1-2-16(9-17)18-22(4-5-24-18)19(23)20-10-13-6-14(11-20)8-15(7-13)12-20/h1-3,9,13-15,18H,4-8,10-12H2/t13?,14?,15?,18-,20?/m0/s1. The zero-order chi connectivity index (χ0) is 16.3. The van der Waals surface area contributed by atoms with Gasteiger partial charge in [-0.1, -0.05) is 12.1 Å². The monoisotopic (exact) mass is 345 g/mol. The molecule has 1 atom stereocenters. The van der Waals surface area contributed by atoms with Crippen LogP contribution in [0.4, 0.5) is 4.39 Å². The van der Waals surface area contributed by atoms with E-state index in [0.29, 0.717) is 5.91 Å². The van der Waals surface area contributed by atoms with Crippen LogP contribution in [0.1, 0.15) is 49.5 Å². The van der Waals surface area contributed by atoms with E-state index in [4.69, 9.17) is 0 Å². The number of rotatable bonds is 2. The zero-order valence-corrected chi connectivity index (χ0v) is 14.7. The van der Waals surface area contributed by atoms with Crippen molar-refractivity contribution in [3.8, 4) is 0 Å². The summed E-state index contributed by atoms with van der Waals surface area (Å²) >= 11 is 1.78. The van der Waals surface area contributed by atoms with Crippen molar-refractivity contribution in [1.29, 1.82) is 0 Å². The molecule has 1 amide bonds. The number of amides is 1. The average molecular weight is 345 g/mol. The molecule has 1 aromatic rings. The largest absolute Gasteiger partial charge is 0.325 e. The lowest BCUT2D eigenvalue weighted by Gasteiger charge is -2.56. The van der Waals surface area contributed by atoms with Crippen LogP contribution in [0, 0.1) is 29.0 Å². The Morgan fingerprint density at radius 3 is 2.42 bits per heavy atom. The van der Waals surface area contributed by atoms with Crippen LogP contribution in [0.5, 0.6) is 0 Å². The predicted octanol–water partition coefficient (Wildman–Crippen LogP) is 4.62. The second-order valence-corrected chi connectivity index (χ2v) is 9.66. The molecule has 0 N–H and O–H groups in total. The summed E-state index contributed by atoms with van der Waals surface area (Å²) < 4.78 is 13.6. The molecule has 2 nitrogen and oxygen atoms in total. The van der Waals surface area contributed by atoms with Crippen LogP contribution in [0.15, 0.2) is 24.3 Å². The summed E-state index contributed by atoms with van der Waals surface area (Å²) in [5.41, 5.74) is 0.848. The number of hydrogen-bond donors (Lipinski definition) is 0. The summed E-state index contributed by atoms with van der Waals surface area (Å²) in [6, 6.07) is 6.81. The predicted molar refractivity (Wildman–Crippen MR) is 93.9 cm³/mol. The van der Waals surface area contributed by atoms with Gasteiger partial charge in [0, 0.05) is 12.3 Å². The Balaban J connectivity index is 1.44. The van der Waals surface area contributed by atoms with Gasteiger partial charge in [-0.15, -0.1) is 11.8 Å². The molecule has 4 aliphatic carbocycles. The van der Waals surface area contributed by atoms with Gasteiger partial charge in [0.15, 0.2) is 0 Å². The third kappa shape index (κ3) is 2.33. The van der Waals surface area contributed by atoms with Crippen molar-refractivity contribution < 1.29 is 9.18 Å². The van der Waals surface area contributed by atoms with Crippen molar-refractivity contribution in [1.82, 2.24) is 4.90 Å². The molecule has 0 radical (unpaired) electrons.